The van der Waals surface area contributed by atoms with E-state index in [1.807, 2.05) is 12.1 Å². The number of nitrogens with zero attached hydrogens (tertiary/aromatic N) is 1. The molecular weight excluding hydrogens is 296 g/mol. The van der Waals surface area contributed by atoms with Gasteiger partial charge in [-0.1, -0.05) is 30.3 Å². The minimum atomic E-state index is 0.649. The van der Waals surface area contributed by atoms with Crippen LogP contribution in [0, 0.1) is 0 Å². The van der Waals surface area contributed by atoms with Crippen LogP contribution in [0.15, 0.2) is 66.7 Å². The molecule has 0 atom stereocenters. The molecule has 0 unspecified atom stereocenters. The Morgan fingerprint density at radius 3 is 2.00 bits per heavy atom. The first-order chi connectivity index (χ1) is 11.7. The fourth-order valence-electron chi connectivity index (χ4n) is 3.41. The summed E-state index contributed by atoms with van der Waals surface area (Å²) in [6.07, 6.45) is 0. The second-order valence-electron chi connectivity index (χ2n) is 5.93. The van der Waals surface area contributed by atoms with Crippen molar-refractivity contribution in [2.45, 2.75) is 0 Å². The number of fused-ring (bicyclic) bond motifs is 2. The van der Waals surface area contributed by atoms with Crippen molar-refractivity contribution >= 4 is 27.5 Å². The van der Waals surface area contributed by atoms with E-state index in [1.54, 1.807) is 7.11 Å². The van der Waals surface area contributed by atoms with Crippen LogP contribution in [0.5, 0.6) is 5.75 Å². The molecule has 0 saturated carbocycles. The molecule has 0 aliphatic rings. The zero-order valence-corrected chi connectivity index (χ0v) is 13.8. The van der Waals surface area contributed by atoms with Crippen LogP contribution in [0.4, 0.5) is 5.69 Å². The van der Waals surface area contributed by atoms with Crippen molar-refractivity contribution in [3.05, 3.63) is 66.7 Å². The maximum atomic E-state index is 6.00. The molecule has 0 bridgehead atoms. The summed E-state index contributed by atoms with van der Waals surface area (Å²) < 4.78 is 7.66. The van der Waals surface area contributed by atoms with E-state index in [9.17, 15) is 0 Å². The molecule has 3 aromatic carbocycles. The quantitative estimate of drug-likeness (QED) is 0.344. The van der Waals surface area contributed by atoms with Gasteiger partial charge in [-0.05, 0) is 29.8 Å². The van der Waals surface area contributed by atoms with Crippen molar-refractivity contribution in [1.29, 1.82) is 0 Å². The lowest BCUT2D eigenvalue weighted by atomic mass is 9.95. The summed E-state index contributed by atoms with van der Waals surface area (Å²) >= 11 is 0. The molecule has 4 rings (SSSR count). The van der Waals surface area contributed by atoms with Crippen molar-refractivity contribution < 1.29 is 9.30 Å². The molecule has 0 amide bonds. The Morgan fingerprint density at radius 1 is 0.833 bits per heavy atom. The average Bonchev–Trinajstić information content (AvgIpc) is 2.63. The third-order valence-corrected chi connectivity index (χ3v) is 4.59. The van der Waals surface area contributed by atoms with Gasteiger partial charge in [-0.15, -0.1) is 0 Å². The Morgan fingerprint density at radius 2 is 1.42 bits per heavy atom. The fraction of sp³-hybridized carbons (Fsp3) is 0.0952. The number of ether oxygens (including phenoxy) is 1. The molecular formula is C21H19N2O+. The van der Waals surface area contributed by atoms with E-state index >= 15 is 0 Å². The highest BCUT2D eigenvalue weighted by Gasteiger charge is 2.18. The molecule has 0 radical (unpaired) electrons. The van der Waals surface area contributed by atoms with Crippen molar-refractivity contribution in [3.8, 4) is 16.9 Å². The minimum Gasteiger partial charge on any atom is -0.495 e. The summed E-state index contributed by atoms with van der Waals surface area (Å²) in [5.74, 6) is 0.703. The lowest BCUT2D eigenvalue weighted by Gasteiger charge is -2.12. The van der Waals surface area contributed by atoms with E-state index in [0.717, 1.165) is 5.56 Å². The first-order valence-corrected chi connectivity index (χ1v) is 7.94. The predicted molar refractivity (Wildman–Crippen MR) is 99.0 cm³/mol. The smallest absolute Gasteiger partial charge is 0.213 e. The molecule has 0 aliphatic heterocycles. The molecule has 1 heterocycles. The van der Waals surface area contributed by atoms with Gasteiger partial charge in [0.05, 0.1) is 23.6 Å². The van der Waals surface area contributed by atoms with Gasteiger partial charge in [0, 0.05) is 17.7 Å². The zero-order valence-electron chi connectivity index (χ0n) is 13.8. The summed E-state index contributed by atoms with van der Waals surface area (Å²) in [5, 5.41) is 2.43. The largest absolute Gasteiger partial charge is 0.495 e. The van der Waals surface area contributed by atoms with Crippen LogP contribution in [0.1, 0.15) is 0 Å². The summed E-state index contributed by atoms with van der Waals surface area (Å²) in [6.45, 7) is 0. The second-order valence-corrected chi connectivity index (χ2v) is 5.93. The van der Waals surface area contributed by atoms with Crippen LogP contribution in [0.25, 0.3) is 32.9 Å². The number of para-hydroxylation sites is 2. The van der Waals surface area contributed by atoms with Gasteiger partial charge in [-0.2, -0.15) is 4.57 Å². The Kier molecular flexibility index (Phi) is 3.35. The monoisotopic (exact) mass is 315 g/mol. The van der Waals surface area contributed by atoms with Crippen LogP contribution in [-0.2, 0) is 7.05 Å². The van der Waals surface area contributed by atoms with Crippen molar-refractivity contribution in [1.82, 2.24) is 0 Å². The predicted octanol–water partition coefficient (Wildman–Crippen LogP) is 4.08. The molecule has 0 spiro atoms. The molecule has 2 N–H and O–H groups in total. The Balaban J connectivity index is 2.19. The number of aromatic nitrogens is 1. The Labute approximate surface area is 140 Å². The van der Waals surface area contributed by atoms with Gasteiger partial charge in [0.25, 0.3) is 0 Å². The summed E-state index contributed by atoms with van der Waals surface area (Å²) in [4.78, 5) is 0. The van der Waals surface area contributed by atoms with Crippen molar-refractivity contribution in [2.24, 2.45) is 7.05 Å². The Bertz CT molecular complexity index is 1010. The lowest BCUT2D eigenvalue weighted by molar-refractivity contribution is -0.617. The van der Waals surface area contributed by atoms with Gasteiger partial charge >= 0.3 is 0 Å². The van der Waals surface area contributed by atoms with E-state index in [0.29, 0.717) is 11.4 Å². The molecule has 3 nitrogen and oxygen atoms in total. The number of pyridine rings is 1. The lowest BCUT2D eigenvalue weighted by Crippen LogP contribution is -2.30. The second kappa shape index (κ2) is 5.53. The fourth-order valence-corrected chi connectivity index (χ4v) is 3.41. The first kappa shape index (κ1) is 14.5. The van der Waals surface area contributed by atoms with E-state index in [4.69, 9.17) is 10.5 Å². The van der Waals surface area contributed by atoms with Gasteiger partial charge in [0.1, 0.15) is 12.8 Å². The number of hydrogen-bond donors (Lipinski definition) is 1. The number of rotatable bonds is 2. The van der Waals surface area contributed by atoms with Crippen LogP contribution in [0.3, 0.4) is 0 Å². The number of methoxy groups -OCH3 is 1. The summed E-state index contributed by atoms with van der Waals surface area (Å²) in [7, 11) is 3.76. The maximum Gasteiger partial charge on any atom is 0.213 e. The highest BCUT2D eigenvalue weighted by molar-refractivity contribution is 6.07. The molecule has 1 aromatic heterocycles. The summed E-state index contributed by atoms with van der Waals surface area (Å²) in [5.41, 5.74) is 11.4. The van der Waals surface area contributed by atoms with Gasteiger partial charge in [-0.25, -0.2) is 0 Å². The number of nitrogens with two attached hydrogens (primary N) is 1. The molecule has 0 saturated heterocycles. The number of nitrogen functional groups attached to an aromatic ring is 1. The van der Waals surface area contributed by atoms with Crippen LogP contribution >= 0.6 is 0 Å². The highest BCUT2D eigenvalue weighted by Crippen LogP contribution is 2.36. The number of aryl methyl sites for hydroxylation is 1. The number of benzene rings is 3. The van der Waals surface area contributed by atoms with E-state index in [-0.39, 0.29) is 0 Å². The third kappa shape index (κ3) is 2.09. The van der Waals surface area contributed by atoms with Gasteiger partial charge in [-0.3, -0.25) is 0 Å². The highest BCUT2D eigenvalue weighted by atomic mass is 16.5. The minimum absolute atomic E-state index is 0.649. The molecule has 0 fully saturated rings. The van der Waals surface area contributed by atoms with Crippen molar-refractivity contribution in [2.75, 3.05) is 12.8 Å². The normalized spacial score (nSPS) is 11.1. The molecule has 118 valence electrons. The SMILES string of the molecule is COc1cc(-c2c3ccccc3[n+](C)c3ccccc23)ccc1N. The summed E-state index contributed by atoms with van der Waals surface area (Å²) in [6, 6.07) is 22.9. The zero-order chi connectivity index (χ0) is 16.7. The number of anilines is 1. The van der Waals surface area contributed by atoms with E-state index in [1.165, 1.54) is 27.4 Å². The molecule has 3 heteroatoms. The Hall–Kier alpha value is -3.07. The van der Waals surface area contributed by atoms with E-state index < -0.39 is 0 Å². The van der Waals surface area contributed by atoms with Crippen LogP contribution in [-0.4, -0.2) is 7.11 Å². The number of hydrogen-bond acceptors (Lipinski definition) is 2. The molecule has 24 heavy (non-hydrogen) atoms. The standard InChI is InChI=1S/C21H18N2O/c1-23-18-9-5-3-7-15(18)21(16-8-4-6-10-19(16)23)14-11-12-17(22)20(13-14)24-2/h3-13,22H,1-2H3/p+1. The first-order valence-electron chi connectivity index (χ1n) is 7.94. The van der Waals surface area contributed by atoms with Crippen molar-refractivity contribution in [3.63, 3.8) is 0 Å². The molecule has 4 aromatic rings. The van der Waals surface area contributed by atoms with E-state index in [2.05, 4.69) is 66.2 Å². The molecule has 0 aliphatic carbocycles. The maximum absolute atomic E-state index is 6.00. The topological polar surface area (TPSA) is 39.1 Å². The third-order valence-electron chi connectivity index (χ3n) is 4.59. The van der Waals surface area contributed by atoms with Gasteiger partial charge in [0.2, 0.25) is 11.0 Å². The average molecular weight is 315 g/mol. The van der Waals surface area contributed by atoms with Crippen LogP contribution in [0.2, 0.25) is 0 Å². The van der Waals surface area contributed by atoms with Crippen LogP contribution < -0.4 is 15.0 Å². The van der Waals surface area contributed by atoms with Gasteiger partial charge in [0.15, 0.2) is 0 Å². The van der Waals surface area contributed by atoms with Gasteiger partial charge < -0.3 is 10.5 Å².